The molecule has 0 unspecified atom stereocenters. The van der Waals surface area contributed by atoms with E-state index in [2.05, 4.69) is 0 Å². The predicted molar refractivity (Wildman–Crippen MR) is 45.6 cm³/mol. The van der Waals surface area contributed by atoms with Gasteiger partial charge in [0.2, 0.25) is 0 Å². The van der Waals surface area contributed by atoms with Crippen LogP contribution in [0.2, 0.25) is 0 Å². The number of rotatable bonds is 2. The minimum absolute atomic E-state index is 0.0556. The molecule has 4 heteroatoms. The van der Waals surface area contributed by atoms with Crippen molar-refractivity contribution >= 4 is 11.4 Å². The van der Waals surface area contributed by atoms with Gasteiger partial charge in [-0.2, -0.15) is 0 Å². The summed E-state index contributed by atoms with van der Waals surface area (Å²) >= 11 is 0. The van der Waals surface area contributed by atoms with E-state index in [-0.39, 0.29) is 5.69 Å². The van der Waals surface area contributed by atoms with Crippen LogP contribution in [0.15, 0.2) is 24.3 Å². The maximum Gasteiger partial charge on any atom is 0.269 e. The monoisotopic (exact) mass is 164 g/mol. The van der Waals surface area contributed by atoms with Gasteiger partial charge >= 0.3 is 0 Å². The number of hydrogen-bond acceptors (Lipinski definition) is 3. The Hall–Kier alpha value is -1.71. The third-order valence-electron chi connectivity index (χ3n) is 1.51. The lowest BCUT2D eigenvalue weighted by molar-refractivity contribution is -0.384. The summed E-state index contributed by atoms with van der Waals surface area (Å²) in [4.78, 5) is 9.78. The highest BCUT2D eigenvalue weighted by molar-refractivity contribution is 5.96. The minimum atomic E-state index is -0.455. The molecular formula is C8H8N2O2. The van der Waals surface area contributed by atoms with Crippen molar-refractivity contribution in [2.75, 3.05) is 0 Å². The molecule has 0 aliphatic heterocycles. The first-order chi connectivity index (χ1) is 5.61. The molecule has 1 N–H and O–H groups in total. The third kappa shape index (κ3) is 1.66. The Balaban J connectivity index is 3.01. The molecule has 0 saturated carbocycles. The average Bonchev–Trinajstić information content (AvgIpc) is 2.04. The van der Waals surface area contributed by atoms with Crippen LogP contribution in [-0.4, -0.2) is 10.6 Å². The van der Waals surface area contributed by atoms with Crippen molar-refractivity contribution in [3.05, 3.63) is 39.9 Å². The van der Waals surface area contributed by atoms with Gasteiger partial charge in [-0.25, -0.2) is 0 Å². The first-order valence-electron chi connectivity index (χ1n) is 3.41. The van der Waals surface area contributed by atoms with Gasteiger partial charge in [0.1, 0.15) is 0 Å². The van der Waals surface area contributed by atoms with Crippen LogP contribution in [-0.2, 0) is 0 Å². The molecule has 0 spiro atoms. The molecule has 62 valence electrons. The molecule has 0 aromatic heterocycles. The van der Waals surface area contributed by atoms with Gasteiger partial charge in [-0.15, -0.1) is 0 Å². The van der Waals surface area contributed by atoms with Gasteiger partial charge in [-0.1, -0.05) is 0 Å². The smallest absolute Gasteiger partial charge is 0.269 e. The number of hydrogen-bond donors (Lipinski definition) is 1. The normalized spacial score (nSPS) is 9.42. The first kappa shape index (κ1) is 8.39. The van der Waals surface area contributed by atoms with Crippen LogP contribution in [0.1, 0.15) is 12.5 Å². The molecule has 0 aliphatic rings. The summed E-state index contributed by atoms with van der Waals surface area (Å²) in [5, 5.41) is 17.5. The lowest BCUT2D eigenvalue weighted by Gasteiger charge is -1.95. The molecule has 0 radical (unpaired) electrons. The highest BCUT2D eigenvalue weighted by Crippen LogP contribution is 2.11. The van der Waals surface area contributed by atoms with E-state index in [1.165, 1.54) is 12.1 Å². The summed E-state index contributed by atoms with van der Waals surface area (Å²) in [6.07, 6.45) is 0. The van der Waals surface area contributed by atoms with Crippen LogP contribution in [0.3, 0.4) is 0 Å². The van der Waals surface area contributed by atoms with Gasteiger partial charge in [0.15, 0.2) is 0 Å². The molecule has 0 saturated heterocycles. The van der Waals surface area contributed by atoms with Crippen molar-refractivity contribution in [2.24, 2.45) is 0 Å². The van der Waals surface area contributed by atoms with Gasteiger partial charge in [0, 0.05) is 17.8 Å². The van der Waals surface area contributed by atoms with Crippen LogP contribution in [0.5, 0.6) is 0 Å². The maximum absolute atomic E-state index is 10.2. The zero-order chi connectivity index (χ0) is 9.14. The van der Waals surface area contributed by atoms with E-state index in [4.69, 9.17) is 5.41 Å². The van der Waals surface area contributed by atoms with Gasteiger partial charge in [-0.05, 0) is 24.6 Å². The summed E-state index contributed by atoms with van der Waals surface area (Å²) < 4.78 is 0. The third-order valence-corrected chi connectivity index (χ3v) is 1.51. The highest BCUT2D eigenvalue weighted by atomic mass is 16.6. The summed E-state index contributed by atoms with van der Waals surface area (Å²) in [6, 6.07) is 5.93. The molecule has 12 heavy (non-hydrogen) atoms. The largest absolute Gasteiger partial charge is 0.305 e. The second-order valence-electron chi connectivity index (χ2n) is 2.43. The quantitative estimate of drug-likeness (QED) is 0.412. The van der Waals surface area contributed by atoms with E-state index in [1.54, 1.807) is 19.1 Å². The lowest BCUT2D eigenvalue weighted by Crippen LogP contribution is -1.92. The van der Waals surface area contributed by atoms with Gasteiger partial charge in [0.25, 0.3) is 5.69 Å². The molecule has 0 aliphatic carbocycles. The SMILES string of the molecule is CC(=N)c1ccc([N+](=O)[O-])cc1. The second kappa shape index (κ2) is 3.13. The molecule has 0 heterocycles. The Kier molecular flexibility index (Phi) is 2.19. The minimum Gasteiger partial charge on any atom is -0.305 e. The van der Waals surface area contributed by atoms with Crippen LogP contribution >= 0.6 is 0 Å². The van der Waals surface area contributed by atoms with Crippen LogP contribution < -0.4 is 0 Å². The van der Waals surface area contributed by atoms with Crippen molar-refractivity contribution in [2.45, 2.75) is 6.92 Å². The van der Waals surface area contributed by atoms with E-state index >= 15 is 0 Å². The molecule has 0 amide bonds. The molecule has 4 nitrogen and oxygen atoms in total. The highest BCUT2D eigenvalue weighted by Gasteiger charge is 2.03. The van der Waals surface area contributed by atoms with Crippen molar-refractivity contribution in [1.82, 2.24) is 0 Å². The van der Waals surface area contributed by atoms with Crippen LogP contribution in [0.25, 0.3) is 0 Å². The Labute approximate surface area is 69.5 Å². The van der Waals surface area contributed by atoms with Crippen molar-refractivity contribution < 1.29 is 4.92 Å². The summed E-state index contributed by atoms with van der Waals surface area (Å²) in [7, 11) is 0. The van der Waals surface area contributed by atoms with Crippen molar-refractivity contribution in [1.29, 1.82) is 5.41 Å². The van der Waals surface area contributed by atoms with Crippen LogP contribution in [0, 0.1) is 15.5 Å². The van der Waals surface area contributed by atoms with Gasteiger partial charge < -0.3 is 5.41 Å². The molecular weight excluding hydrogens is 156 g/mol. The second-order valence-corrected chi connectivity index (χ2v) is 2.43. The molecule has 1 rings (SSSR count). The molecule has 0 bridgehead atoms. The van der Waals surface area contributed by atoms with Crippen molar-refractivity contribution in [3.63, 3.8) is 0 Å². The Morgan fingerprint density at radius 3 is 2.25 bits per heavy atom. The topological polar surface area (TPSA) is 67.0 Å². The molecule has 0 fully saturated rings. The van der Waals surface area contributed by atoms with E-state index in [0.717, 1.165) is 0 Å². The summed E-state index contributed by atoms with van der Waals surface area (Å²) in [6.45, 7) is 1.64. The standard InChI is InChI=1S/C8H8N2O2/c1-6(9)7-2-4-8(5-3-7)10(11)12/h2-5,9H,1H3. The van der Waals surface area contributed by atoms with Crippen LogP contribution in [0.4, 0.5) is 5.69 Å². The Morgan fingerprint density at radius 1 is 1.42 bits per heavy atom. The van der Waals surface area contributed by atoms with E-state index in [9.17, 15) is 10.1 Å². The number of nitrogens with zero attached hydrogens (tertiary/aromatic N) is 1. The number of nitro benzene ring substituents is 1. The number of nitro groups is 1. The van der Waals surface area contributed by atoms with Gasteiger partial charge in [-0.3, -0.25) is 10.1 Å². The Bertz CT molecular complexity index is 283. The average molecular weight is 164 g/mol. The fraction of sp³-hybridized carbons (Fsp3) is 0.125. The number of benzene rings is 1. The Morgan fingerprint density at radius 2 is 1.92 bits per heavy atom. The van der Waals surface area contributed by atoms with E-state index in [0.29, 0.717) is 11.3 Å². The van der Waals surface area contributed by atoms with Crippen molar-refractivity contribution in [3.8, 4) is 0 Å². The molecule has 1 aromatic rings. The zero-order valence-electron chi connectivity index (χ0n) is 6.57. The summed E-state index contributed by atoms with van der Waals surface area (Å²) in [5.74, 6) is 0. The van der Waals surface area contributed by atoms with Gasteiger partial charge in [0.05, 0.1) is 4.92 Å². The van der Waals surface area contributed by atoms with E-state index in [1.807, 2.05) is 0 Å². The predicted octanol–water partition coefficient (Wildman–Crippen LogP) is 1.98. The lowest BCUT2D eigenvalue weighted by atomic mass is 10.1. The molecule has 0 atom stereocenters. The number of non-ortho nitro benzene ring substituents is 1. The fourth-order valence-electron chi connectivity index (χ4n) is 0.833. The summed E-state index contributed by atoms with van der Waals surface area (Å²) in [5.41, 5.74) is 1.17. The zero-order valence-corrected chi connectivity index (χ0v) is 6.57. The fourth-order valence-corrected chi connectivity index (χ4v) is 0.833. The molecule has 1 aromatic carbocycles. The first-order valence-corrected chi connectivity index (χ1v) is 3.41. The maximum atomic E-state index is 10.2. The number of nitrogens with one attached hydrogen (secondary N) is 1. The van der Waals surface area contributed by atoms with E-state index < -0.39 is 4.92 Å².